The van der Waals surface area contributed by atoms with Crippen LogP contribution in [-0.2, 0) is 6.42 Å². The van der Waals surface area contributed by atoms with E-state index in [1.165, 1.54) is 38.8 Å². The van der Waals surface area contributed by atoms with E-state index in [4.69, 9.17) is 4.42 Å². The highest BCUT2D eigenvalue weighted by Crippen LogP contribution is 2.26. The van der Waals surface area contributed by atoms with Crippen LogP contribution in [0.4, 0.5) is 0 Å². The van der Waals surface area contributed by atoms with E-state index in [1.54, 1.807) is 6.26 Å². The van der Waals surface area contributed by atoms with Gasteiger partial charge in [-0.05, 0) is 50.9 Å². The lowest BCUT2D eigenvalue weighted by Crippen LogP contribution is -2.46. The molecule has 1 aromatic heterocycles. The molecule has 17 heavy (non-hydrogen) atoms. The Balaban J connectivity index is 1.40. The monoisotopic (exact) mass is 234 g/mol. The molecule has 2 saturated heterocycles. The Morgan fingerprint density at radius 2 is 2.35 bits per heavy atom. The molecular weight excluding hydrogens is 212 g/mol. The highest BCUT2D eigenvalue weighted by atomic mass is 16.3. The molecule has 3 rings (SSSR count). The Hall–Kier alpha value is -0.800. The molecule has 2 atom stereocenters. The van der Waals surface area contributed by atoms with E-state index in [9.17, 15) is 0 Å². The second kappa shape index (κ2) is 5.23. The zero-order chi connectivity index (χ0) is 11.5. The minimum atomic E-state index is 0.726. The van der Waals surface area contributed by atoms with Crippen LogP contribution in [0.2, 0.25) is 0 Å². The normalized spacial score (nSPS) is 29.4. The number of hydrogen-bond donors (Lipinski definition) is 1. The zero-order valence-electron chi connectivity index (χ0n) is 10.4. The topological polar surface area (TPSA) is 28.4 Å². The predicted octanol–water partition coefficient (Wildman–Crippen LogP) is 2.04. The average molecular weight is 234 g/mol. The van der Waals surface area contributed by atoms with Crippen molar-refractivity contribution in [1.29, 1.82) is 0 Å². The van der Waals surface area contributed by atoms with Gasteiger partial charge in [0.05, 0.1) is 6.26 Å². The van der Waals surface area contributed by atoms with Crippen molar-refractivity contribution in [1.82, 2.24) is 10.2 Å². The Labute approximate surface area is 103 Å². The molecule has 1 N–H and O–H groups in total. The van der Waals surface area contributed by atoms with E-state index in [0.717, 1.165) is 30.8 Å². The SMILES string of the molecule is c1coc(CCNC2CCN3CCCC3C2)c1. The third kappa shape index (κ3) is 2.72. The molecule has 0 radical (unpaired) electrons. The number of fused-ring (bicyclic) bond motifs is 1. The molecule has 0 bridgehead atoms. The van der Waals surface area contributed by atoms with Crippen LogP contribution in [0.25, 0.3) is 0 Å². The Morgan fingerprint density at radius 3 is 3.24 bits per heavy atom. The number of furan rings is 1. The third-order valence-corrected chi connectivity index (χ3v) is 4.20. The van der Waals surface area contributed by atoms with Crippen LogP contribution < -0.4 is 5.32 Å². The first-order valence-corrected chi connectivity index (χ1v) is 6.91. The highest BCUT2D eigenvalue weighted by molar-refractivity contribution is 4.98. The molecule has 2 aliphatic rings. The molecule has 0 amide bonds. The Kier molecular flexibility index (Phi) is 3.48. The maximum Gasteiger partial charge on any atom is 0.105 e. The summed E-state index contributed by atoms with van der Waals surface area (Å²) in [6, 6.07) is 5.61. The van der Waals surface area contributed by atoms with E-state index in [1.807, 2.05) is 6.07 Å². The second-order valence-corrected chi connectivity index (χ2v) is 5.34. The van der Waals surface area contributed by atoms with E-state index in [-0.39, 0.29) is 0 Å². The molecule has 0 spiro atoms. The largest absolute Gasteiger partial charge is 0.469 e. The Morgan fingerprint density at radius 1 is 1.35 bits per heavy atom. The van der Waals surface area contributed by atoms with Crippen LogP contribution >= 0.6 is 0 Å². The van der Waals surface area contributed by atoms with Crippen molar-refractivity contribution in [3.8, 4) is 0 Å². The van der Waals surface area contributed by atoms with Gasteiger partial charge in [0, 0.05) is 25.0 Å². The van der Waals surface area contributed by atoms with Crippen molar-refractivity contribution < 1.29 is 4.42 Å². The van der Waals surface area contributed by atoms with E-state index in [0.29, 0.717) is 0 Å². The molecule has 2 fully saturated rings. The molecule has 0 aromatic carbocycles. The smallest absolute Gasteiger partial charge is 0.105 e. The summed E-state index contributed by atoms with van der Waals surface area (Å²) in [4.78, 5) is 2.67. The summed E-state index contributed by atoms with van der Waals surface area (Å²) in [7, 11) is 0. The lowest BCUT2D eigenvalue weighted by atomic mass is 9.97. The number of piperidine rings is 1. The summed E-state index contributed by atoms with van der Waals surface area (Å²) in [6.45, 7) is 3.68. The minimum Gasteiger partial charge on any atom is -0.469 e. The van der Waals surface area contributed by atoms with Crippen LogP contribution in [0.1, 0.15) is 31.4 Å². The molecule has 2 unspecified atom stereocenters. The van der Waals surface area contributed by atoms with Gasteiger partial charge in [-0.15, -0.1) is 0 Å². The van der Waals surface area contributed by atoms with Crippen LogP contribution in [0, 0.1) is 0 Å². The lowest BCUT2D eigenvalue weighted by molar-refractivity contribution is 0.167. The van der Waals surface area contributed by atoms with Gasteiger partial charge in [-0.2, -0.15) is 0 Å². The van der Waals surface area contributed by atoms with Gasteiger partial charge in [-0.1, -0.05) is 0 Å². The molecule has 3 heterocycles. The Bertz CT molecular complexity index is 336. The van der Waals surface area contributed by atoms with Crippen molar-refractivity contribution in [2.75, 3.05) is 19.6 Å². The van der Waals surface area contributed by atoms with Crippen LogP contribution in [-0.4, -0.2) is 36.6 Å². The predicted molar refractivity (Wildman–Crippen MR) is 68.0 cm³/mol. The van der Waals surface area contributed by atoms with Crippen molar-refractivity contribution in [2.24, 2.45) is 0 Å². The summed E-state index contributed by atoms with van der Waals surface area (Å²) in [6.07, 6.45) is 8.25. The third-order valence-electron chi connectivity index (χ3n) is 4.20. The summed E-state index contributed by atoms with van der Waals surface area (Å²) in [5.41, 5.74) is 0. The zero-order valence-corrected chi connectivity index (χ0v) is 10.4. The standard InChI is InChI=1S/C14H22N2O/c1-3-13-11-12(6-9-16(13)8-1)15-7-5-14-4-2-10-17-14/h2,4,10,12-13,15H,1,3,5-9,11H2. The van der Waals surface area contributed by atoms with Crippen LogP contribution in [0.3, 0.4) is 0 Å². The first-order valence-electron chi connectivity index (χ1n) is 6.91. The van der Waals surface area contributed by atoms with Gasteiger partial charge in [-0.25, -0.2) is 0 Å². The fourth-order valence-corrected chi connectivity index (χ4v) is 3.26. The molecule has 2 aliphatic heterocycles. The molecular formula is C14H22N2O. The lowest BCUT2D eigenvalue weighted by Gasteiger charge is -2.35. The maximum absolute atomic E-state index is 5.34. The molecule has 0 saturated carbocycles. The van der Waals surface area contributed by atoms with Gasteiger partial charge >= 0.3 is 0 Å². The van der Waals surface area contributed by atoms with Crippen LogP contribution in [0.15, 0.2) is 22.8 Å². The van der Waals surface area contributed by atoms with Crippen molar-refractivity contribution in [3.05, 3.63) is 24.2 Å². The average Bonchev–Trinajstić information content (AvgIpc) is 2.98. The van der Waals surface area contributed by atoms with Crippen LogP contribution in [0.5, 0.6) is 0 Å². The van der Waals surface area contributed by atoms with Gasteiger partial charge in [0.2, 0.25) is 0 Å². The molecule has 94 valence electrons. The summed E-state index contributed by atoms with van der Waals surface area (Å²) >= 11 is 0. The van der Waals surface area contributed by atoms with Gasteiger partial charge in [0.15, 0.2) is 0 Å². The van der Waals surface area contributed by atoms with E-state index < -0.39 is 0 Å². The van der Waals surface area contributed by atoms with Gasteiger partial charge < -0.3 is 14.6 Å². The minimum absolute atomic E-state index is 0.726. The molecule has 1 aromatic rings. The van der Waals surface area contributed by atoms with E-state index >= 15 is 0 Å². The second-order valence-electron chi connectivity index (χ2n) is 5.34. The maximum atomic E-state index is 5.34. The first kappa shape index (κ1) is 11.3. The highest BCUT2D eigenvalue weighted by Gasteiger charge is 2.31. The summed E-state index contributed by atoms with van der Waals surface area (Å²) in [5, 5.41) is 3.69. The number of nitrogens with one attached hydrogen (secondary N) is 1. The van der Waals surface area contributed by atoms with Gasteiger partial charge in [-0.3, -0.25) is 0 Å². The fraction of sp³-hybridized carbons (Fsp3) is 0.714. The van der Waals surface area contributed by atoms with Gasteiger partial charge in [0.25, 0.3) is 0 Å². The molecule has 3 heteroatoms. The van der Waals surface area contributed by atoms with Crippen molar-refractivity contribution in [3.63, 3.8) is 0 Å². The van der Waals surface area contributed by atoms with E-state index in [2.05, 4.69) is 16.3 Å². The summed E-state index contributed by atoms with van der Waals surface area (Å²) in [5.74, 6) is 1.09. The van der Waals surface area contributed by atoms with Crippen molar-refractivity contribution in [2.45, 2.75) is 44.2 Å². The first-order chi connectivity index (χ1) is 8.42. The fourth-order valence-electron chi connectivity index (χ4n) is 3.26. The molecule has 0 aliphatic carbocycles. The number of hydrogen-bond acceptors (Lipinski definition) is 3. The number of nitrogens with zero attached hydrogens (tertiary/aromatic N) is 1. The quantitative estimate of drug-likeness (QED) is 0.864. The van der Waals surface area contributed by atoms with Crippen molar-refractivity contribution >= 4 is 0 Å². The number of rotatable bonds is 4. The summed E-state index contributed by atoms with van der Waals surface area (Å²) < 4.78 is 5.34. The molecule has 3 nitrogen and oxygen atoms in total. The van der Waals surface area contributed by atoms with Gasteiger partial charge in [0.1, 0.15) is 5.76 Å².